The molecule has 0 unspecified atom stereocenters. The number of esters is 2. The van der Waals surface area contributed by atoms with Gasteiger partial charge < -0.3 is 14.6 Å². The van der Waals surface area contributed by atoms with Crippen molar-refractivity contribution in [3.8, 4) is 0 Å². The first kappa shape index (κ1) is 21.1. The molecule has 0 aliphatic carbocycles. The van der Waals surface area contributed by atoms with E-state index in [-0.39, 0.29) is 17.1 Å². The van der Waals surface area contributed by atoms with Gasteiger partial charge in [-0.2, -0.15) is 0 Å². The van der Waals surface area contributed by atoms with Crippen LogP contribution < -0.4 is 0 Å². The lowest BCUT2D eigenvalue weighted by molar-refractivity contribution is -0.143. The van der Waals surface area contributed by atoms with Crippen LogP contribution >= 0.6 is 0 Å². The number of ether oxygens (including phenoxy) is 2. The monoisotopic (exact) mass is 426 g/mol. The van der Waals surface area contributed by atoms with E-state index in [0.717, 1.165) is 5.56 Å². The third-order valence-electron chi connectivity index (χ3n) is 5.43. The summed E-state index contributed by atoms with van der Waals surface area (Å²) >= 11 is 0. The Labute approximate surface area is 186 Å². The largest absolute Gasteiger partial charge is 0.504 e. The highest BCUT2D eigenvalue weighted by molar-refractivity contribution is 5.98. The summed E-state index contributed by atoms with van der Waals surface area (Å²) < 4.78 is 10.5. The van der Waals surface area contributed by atoms with Crippen LogP contribution in [0.1, 0.15) is 28.5 Å². The third kappa shape index (κ3) is 4.18. The smallest absolute Gasteiger partial charge is 0.344 e. The van der Waals surface area contributed by atoms with E-state index >= 15 is 0 Å². The summed E-state index contributed by atoms with van der Waals surface area (Å²) in [6, 6.07) is 27.4. The molecule has 0 fully saturated rings. The fourth-order valence-electron chi connectivity index (χ4n) is 3.94. The van der Waals surface area contributed by atoms with Gasteiger partial charge in [0.2, 0.25) is 0 Å². The van der Waals surface area contributed by atoms with Crippen LogP contribution in [0.2, 0.25) is 0 Å². The Bertz CT molecular complexity index is 1160. The summed E-state index contributed by atoms with van der Waals surface area (Å²) in [5, 5.41) is 11.1. The van der Waals surface area contributed by atoms with Crippen LogP contribution in [-0.4, -0.2) is 24.2 Å². The Hall–Kier alpha value is -4.12. The summed E-state index contributed by atoms with van der Waals surface area (Å²) in [4.78, 5) is 26.0. The van der Waals surface area contributed by atoms with E-state index in [4.69, 9.17) is 9.47 Å². The van der Waals surface area contributed by atoms with E-state index in [2.05, 4.69) is 0 Å². The minimum absolute atomic E-state index is 0.0256. The van der Waals surface area contributed by atoms with Crippen molar-refractivity contribution < 1.29 is 24.2 Å². The van der Waals surface area contributed by atoms with Gasteiger partial charge >= 0.3 is 11.9 Å². The Morgan fingerprint density at radius 3 is 1.97 bits per heavy atom. The van der Waals surface area contributed by atoms with Gasteiger partial charge in [0, 0.05) is 5.92 Å². The van der Waals surface area contributed by atoms with Crippen molar-refractivity contribution in [2.24, 2.45) is 0 Å². The minimum Gasteiger partial charge on any atom is -0.504 e. The zero-order valence-corrected chi connectivity index (χ0v) is 17.5. The maximum Gasteiger partial charge on any atom is 0.344 e. The molecule has 0 aromatic heterocycles. The van der Waals surface area contributed by atoms with Gasteiger partial charge in [-0.1, -0.05) is 91.0 Å². The number of hydrogen-bond acceptors (Lipinski definition) is 5. The van der Waals surface area contributed by atoms with Crippen LogP contribution in [-0.2, 0) is 19.1 Å². The summed E-state index contributed by atoms with van der Waals surface area (Å²) in [7, 11) is 1.31. The van der Waals surface area contributed by atoms with Crippen molar-refractivity contribution in [2.45, 2.75) is 11.8 Å². The number of cyclic esters (lactones) is 1. The predicted molar refractivity (Wildman–Crippen MR) is 121 cm³/mol. The molecule has 4 rings (SSSR count). The predicted octanol–water partition coefficient (Wildman–Crippen LogP) is 5.14. The van der Waals surface area contributed by atoms with Gasteiger partial charge in [-0.25, -0.2) is 4.79 Å². The molecule has 0 spiro atoms. The molecule has 1 N–H and O–H groups in total. The average Bonchev–Trinajstić information content (AvgIpc) is 3.11. The Morgan fingerprint density at radius 1 is 0.875 bits per heavy atom. The molecule has 1 aliphatic rings. The van der Waals surface area contributed by atoms with Crippen molar-refractivity contribution in [1.82, 2.24) is 0 Å². The van der Waals surface area contributed by atoms with E-state index in [1.54, 1.807) is 18.2 Å². The first-order valence-corrected chi connectivity index (χ1v) is 10.2. The number of methoxy groups -OCH3 is 1. The lowest BCUT2D eigenvalue weighted by Gasteiger charge is -2.26. The Balaban J connectivity index is 1.90. The van der Waals surface area contributed by atoms with E-state index in [9.17, 15) is 14.7 Å². The molecule has 3 aromatic carbocycles. The van der Waals surface area contributed by atoms with Gasteiger partial charge in [-0.3, -0.25) is 4.79 Å². The van der Waals surface area contributed by atoms with E-state index < -0.39 is 23.8 Å². The summed E-state index contributed by atoms with van der Waals surface area (Å²) in [6.07, 6.45) is 1.60. The van der Waals surface area contributed by atoms with Gasteiger partial charge in [-0.05, 0) is 22.8 Å². The van der Waals surface area contributed by atoms with Crippen LogP contribution in [0.3, 0.4) is 0 Å². The molecule has 1 heterocycles. The van der Waals surface area contributed by atoms with Crippen molar-refractivity contribution in [3.63, 3.8) is 0 Å². The van der Waals surface area contributed by atoms with Gasteiger partial charge in [0.25, 0.3) is 0 Å². The fourth-order valence-corrected chi connectivity index (χ4v) is 3.94. The molecule has 160 valence electrons. The molecular formula is C27H22O5. The number of carbonyl (C=O) groups excluding carboxylic acids is 2. The molecule has 0 saturated carbocycles. The van der Waals surface area contributed by atoms with Crippen molar-refractivity contribution in [3.05, 3.63) is 125 Å². The van der Waals surface area contributed by atoms with Gasteiger partial charge in [0.1, 0.15) is 0 Å². The first-order valence-electron chi connectivity index (χ1n) is 10.2. The molecule has 2 atom stereocenters. The van der Waals surface area contributed by atoms with Crippen LogP contribution in [0.4, 0.5) is 0 Å². The molecule has 0 radical (unpaired) electrons. The second-order valence-corrected chi connectivity index (χ2v) is 7.37. The van der Waals surface area contributed by atoms with Gasteiger partial charge in [0.15, 0.2) is 11.5 Å². The lowest BCUT2D eigenvalue weighted by atomic mass is 9.76. The molecule has 3 aromatic rings. The maximum absolute atomic E-state index is 13.0. The Morgan fingerprint density at radius 2 is 1.41 bits per heavy atom. The molecule has 0 saturated heterocycles. The summed E-state index contributed by atoms with van der Waals surface area (Å²) in [5.41, 5.74) is 2.15. The van der Waals surface area contributed by atoms with Crippen LogP contribution in [0.5, 0.6) is 0 Å². The van der Waals surface area contributed by atoms with Crippen molar-refractivity contribution in [1.29, 1.82) is 0 Å². The highest BCUT2D eigenvalue weighted by Crippen LogP contribution is 2.44. The number of hydrogen-bond donors (Lipinski definition) is 1. The van der Waals surface area contributed by atoms with Crippen LogP contribution in [0.25, 0.3) is 6.08 Å². The van der Waals surface area contributed by atoms with E-state index in [1.807, 2.05) is 78.9 Å². The highest BCUT2D eigenvalue weighted by Gasteiger charge is 2.43. The molecule has 1 aliphatic heterocycles. The normalized spacial score (nSPS) is 16.5. The highest BCUT2D eigenvalue weighted by atomic mass is 16.6. The zero-order chi connectivity index (χ0) is 22.5. The molecule has 0 amide bonds. The molecule has 5 nitrogen and oxygen atoms in total. The number of aliphatic hydroxyl groups is 1. The van der Waals surface area contributed by atoms with Gasteiger partial charge in [-0.15, -0.1) is 0 Å². The second kappa shape index (κ2) is 9.35. The van der Waals surface area contributed by atoms with Crippen LogP contribution in [0.15, 0.2) is 108 Å². The van der Waals surface area contributed by atoms with E-state index in [0.29, 0.717) is 11.1 Å². The third-order valence-corrected chi connectivity index (χ3v) is 5.43. The number of benzene rings is 3. The standard InChI is InChI=1S/C27H22O5/c1-31-26(29)23(20-15-9-4-10-16-20)22(19-13-7-3-8-14-19)24-25(28)21(32-27(24)30)17-18-11-5-2-6-12-18/h2-17,22-23,28H,1H3/b21-17-/t22-,23+/m1/s1. The first-order chi connectivity index (χ1) is 15.6. The molecule has 32 heavy (non-hydrogen) atoms. The second-order valence-electron chi connectivity index (χ2n) is 7.37. The molecular weight excluding hydrogens is 404 g/mol. The van der Waals surface area contributed by atoms with Crippen molar-refractivity contribution >= 4 is 18.0 Å². The number of rotatable bonds is 6. The molecule has 5 heteroatoms. The van der Waals surface area contributed by atoms with Crippen molar-refractivity contribution in [2.75, 3.05) is 7.11 Å². The minimum atomic E-state index is -0.857. The number of aliphatic hydroxyl groups excluding tert-OH is 1. The number of carbonyl (C=O) groups is 2. The summed E-state index contributed by atoms with van der Waals surface area (Å²) in [5.74, 6) is -3.10. The fraction of sp³-hybridized carbons (Fsp3) is 0.111. The van der Waals surface area contributed by atoms with Crippen LogP contribution in [0, 0.1) is 0 Å². The zero-order valence-electron chi connectivity index (χ0n) is 17.5. The quantitative estimate of drug-likeness (QED) is 0.553. The maximum atomic E-state index is 13.0. The SMILES string of the molecule is COC(=O)[C@@H](c1ccccc1)[C@H](C1=C(O)/C(=C/c2ccccc2)OC1=O)c1ccccc1. The molecule has 0 bridgehead atoms. The topological polar surface area (TPSA) is 72.8 Å². The van der Waals surface area contributed by atoms with E-state index in [1.165, 1.54) is 7.11 Å². The Kier molecular flexibility index (Phi) is 6.17. The average molecular weight is 426 g/mol. The lowest BCUT2D eigenvalue weighted by Crippen LogP contribution is -2.25. The van der Waals surface area contributed by atoms with Gasteiger partial charge in [0.05, 0.1) is 18.6 Å². The summed E-state index contributed by atoms with van der Waals surface area (Å²) in [6.45, 7) is 0.